The van der Waals surface area contributed by atoms with Gasteiger partial charge in [0.1, 0.15) is 35.6 Å². The number of fused-ring (bicyclic) bond motifs is 1. The third-order valence-corrected chi connectivity index (χ3v) is 16.6. The summed E-state index contributed by atoms with van der Waals surface area (Å²) in [5, 5.41) is 21.6. The molecule has 16 heteroatoms. The number of nitrogens with two attached hydrogens (primary N) is 1. The second kappa shape index (κ2) is 17.1. The highest BCUT2D eigenvalue weighted by Crippen LogP contribution is 2.67. The van der Waals surface area contributed by atoms with Gasteiger partial charge < -0.3 is 44.8 Å². The van der Waals surface area contributed by atoms with Gasteiger partial charge in [0.25, 0.3) is 5.91 Å². The molecule has 0 spiro atoms. The Labute approximate surface area is 390 Å². The SMILES string of the molecule is CN(C(=O)N1CCC(Oc2ccc(F)c(C3C4[C@H]5CCN(c6cc(-c7ccccc7O)nnc6N)C[C@H]4[C@H]3C5)c2)CC1)C1CCN(c2cccc3c2OCCN3[C@]2(C)CCC(=O)NC2=O)CC1. The number of rotatable bonds is 8. The number of aromatic hydroxyl groups is 1. The van der Waals surface area contributed by atoms with E-state index in [9.17, 15) is 19.5 Å². The Balaban J connectivity index is 0.680. The van der Waals surface area contributed by atoms with Crippen molar-refractivity contribution in [1.29, 1.82) is 0 Å². The van der Waals surface area contributed by atoms with Crippen LogP contribution in [0.1, 0.15) is 69.8 Å². The van der Waals surface area contributed by atoms with Crippen LogP contribution >= 0.6 is 0 Å². The molecule has 2 unspecified atom stereocenters. The molecule has 4 aromatic rings. The van der Waals surface area contributed by atoms with Gasteiger partial charge >= 0.3 is 6.03 Å². The van der Waals surface area contributed by atoms with Crippen molar-refractivity contribution in [3.05, 3.63) is 78.1 Å². The zero-order valence-corrected chi connectivity index (χ0v) is 38.3. The van der Waals surface area contributed by atoms with Crippen LogP contribution in [-0.4, -0.2) is 120 Å². The summed E-state index contributed by atoms with van der Waals surface area (Å²) in [5.74, 6) is 3.11. The van der Waals surface area contributed by atoms with E-state index in [1.807, 2.05) is 60.2 Å². The number of aromatic nitrogens is 2. The first-order valence-electron chi connectivity index (χ1n) is 24.2. The average molecular weight is 914 g/mol. The van der Waals surface area contributed by atoms with Crippen molar-refractivity contribution >= 4 is 40.7 Å². The molecule has 0 radical (unpaired) electrons. The van der Waals surface area contributed by atoms with E-state index >= 15 is 4.39 Å². The number of urea groups is 1. The number of ether oxygens (including phenoxy) is 2. The summed E-state index contributed by atoms with van der Waals surface area (Å²) in [6, 6.07) is 20.5. The van der Waals surface area contributed by atoms with E-state index in [2.05, 4.69) is 36.3 Å². The summed E-state index contributed by atoms with van der Waals surface area (Å²) in [5.41, 5.74) is 10.2. The van der Waals surface area contributed by atoms with Gasteiger partial charge in [-0.1, -0.05) is 18.2 Å². The number of benzene rings is 3. The van der Waals surface area contributed by atoms with E-state index in [1.165, 1.54) is 0 Å². The molecule has 3 saturated carbocycles. The van der Waals surface area contributed by atoms with Gasteiger partial charge in [0.05, 0.1) is 29.3 Å². The molecule has 7 fully saturated rings. The molecule has 4 amide bonds. The molecule has 4 bridgehead atoms. The Kier molecular flexibility index (Phi) is 11.0. The average Bonchev–Trinajstić information content (AvgIpc) is 3.85. The molecular weight excluding hydrogens is 854 g/mol. The zero-order chi connectivity index (χ0) is 46.1. The van der Waals surface area contributed by atoms with Gasteiger partial charge in [-0.05, 0) is 123 Å². The van der Waals surface area contributed by atoms with E-state index in [0.717, 1.165) is 80.2 Å². The van der Waals surface area contributed by atoms with Crippen LogP contribution < -0.4 is 35.2 Å². The van der Waals surface area contributed by atoms with Crippen molar-refractivity contribution in [2.45, 2.75) is 81.9 Å². The number of hydrogen-bond donors (Lipinski definition) is 3. The molecule has 8 aliphatic rings. The Hall–Kier alpha value is -6.32. The highest BCUT2D eigenvalue weighted by molar-refractivity contribution is 6.04. The molecule has 6 heterocycles. The minimum absolute atomic E-state index is 0.0359. The largest absolute Gasteiger partial charge is 0.507 e. The maximum Gasteiger partial charge on any atom is 0.319 e. The van der Waals surface area contributed by atoms with Crippen molar-refractivity contribution in [1.82, 2.24) is 25.3 Å². The standard InChI is InChI=1S/C51H60FN9O6/c1-51(18-12-44(63)54-49(51)64)61-24-25-66-47-40(7-5-8-41(47)61)58-20-14-31(15-21-58)57(2)50(65)59-22-16-32(17-23-59)67-33-10-11-38(52)36(27-33)46-35-26-30-13-19-60(29-37(35)45(30)46)42-28-39(55-56-48(42)53)34-6-3-4-9-43(34)62/h3-11,27-28,30-32,35,37,45-46,62H,12-26,29H2,1-2H3,(H2,53,56)(H,54,63,64)/t30-,35+,37-,45?,46?,51+/m0/s1. The Morgan fingerprint density at radius 1 is 0.910 bits per heavy atom. The first kappa shape index (κ1) is 43.3. The molecule has 5 aliphatic heterocycles. The predicted molar refractivity (Wildman–Crippen MR) is 252 cm³/mol. The van der Waals surface area contributed by atoms with E-state index in [0.29, 0.717) is 98.4 Å². The number of nitrogens with one attached hydrogen (secondary N) is 1. The van der Waals surface area contributed by atoms with E-state index in [-0.39, 0.29) is 47.5 Å². The van der Waals surface area contributed by atoms with E-state index < -0.39 is 5.54 Å². The topological polar surface area (TPSA) is 170 Å². The molecule has 67 heavy (non-hydrogen) atoms. The summed E-state index contributed by atoms with van der Waals surface area (Å²) in [6.45, 7) is 7.25. The highest BCUT2D eigenvalue weighted by atomic mass is 19.1. The molecule has 3 aromatic carbocycles. The number of halogens is 1. The van der Waals surface area contributed by atoms with E-state index in [1.54, 1.807) is 24.3 Å². The fourth-order valence-corrected chi connectivity index (χ4v) is 12.9. The second-order valence-corrected chi connectivity index (χ2v) is 20.1. The van der Waals surface area contributed by atoms with Gasteiger partial charge in [-0.2, -0.15) is 0 Å². The maximum atomic E-state index is 15.8. The zero-order valence-electron chi connectivity index (χ0n) is 38.3. The minimum atomic E-state index is -0.841. The fourth-order valence-electron chi connectivity index (χ4n) is 12.9. The van der Waals surface area contributed by atoms with Crippen molar-refractivity contribution in [2.75, 3.05) is 79.9 Å². The number of hydrogen-bond acceptors (Lipinski definition) is 12. The fraction of sp³-hybridized carbons (Fsp3) is 0.510. The van der Waals surface area contributed by atoms with Crippen molar-refractivity contribution in [3.8, 4) is 28.5 Å². The number of anilines is 4. The molecule has 15 nitrogen and oxygen atoms in total. The molecule has 4 saturated heterocycles. The monoisotopic (exact) mass is 913 g/mol. The number of nitrogen functional groups attached to an aromatic ring is 1. The van der Waals surface area contributed by atoms with Gasteiger partial charge in [-0.25, -0.2) is 9.18 Å². The summed E-state index contributed by atoms with van der Waals surface area (Å²) < 4.78 is 28.6. The number of imide groups is 1. The van der Waals surface area contributed by atoms with Crippen LogP contribution in [0.25, 0.3) is 11.3 Å². The van der Waals surface area contributed by atoms with Crippen LogP contribution in [0.2, 0.25) is 0 Å². The highest BCUT2D eigenvalue weighted by Gasteiger charge is 2.62. The number of carbonyl (C=O) groups is 3. The third kappa shape index (κ3) is 7.60. The number of piperidine rings is 3. The predicted octanol–water partition coefficient (Wildman–Crippen LogP) is 6.40. The lowest BCUT2D eigenvalue weighted by atomic mass is 9.59. The molecule has 4 N–H and O–H groups in total. The molecule has 12 rings (SSSR count). The van der Waals surface area contributed by atoms with Gasteiger partial charge in [-0.15, -0.1) is 10.2 Å². The van der Waals surface area contributed by atoms with Crippen LogP contribution in [0.5, 0.6) is 17.2 Å². The lowest BCUT2D eigenvalue weighted by Crippen LogP contribution is -2.63. The Morgan fingerprint density at radius 2 is 1.69 bits per heavy atom. The number of carbonyl (C=O) groups excluding carboxylic acids is 3. The van der Waals surface area contributed by atoms with Crippen LogP contribution in [0, 0.1) is 29.5 Å². The number of para-hydroxylation sites is 2. The number of nitrogens with zero attached hydrogens (tertiary/aromatic N) is 7. The number of phenolic OH excluding ortho intramolecular Hbond substituents is 1. The lowest BCUT2D eigenvalue weighted by molar-refractivity contribution is -0.137. The van der Waals surface area contributed by atoms with Crippen molar-refractivity contribution in [2.24, 2.45) is 23.7 Å². The Morgan fingerprint density at radius 3 is 2.48 bits per heavy atom. The first-order chi connectivity index (χ1) is 32.4. The van der Waals surface area contributed by atoms with Crippen molar-refractivity contribution < 1.29 is 33.4 Å². The third-order valence-electron chi connectivity index (χ3n) is 16.6. The first-order valence-corrected chi connectivity index (χ1v) is 24.2. The van der Waals surface area contributed by atoms with E-state index in [4.69, 9.17) is 15.2 Å². The molecule has 3 aliphatic carbocycles. The van der Waals surface area contributed by atoms with Gasteiger partial charge in [0, 0.05) is 77.2 Å². The van der Waals surface area contributed by atoms with Crippen LogP contribution in [0.4, 0.5) is 32.1 Å². The Bertz CT molecular complexity index is 2580. The normalized spacial score (nSPS) is 27.4. The number of likely N-dealkylation sites (tertiary alicyclic amines) is 1. The molecule has 6 atom stereocenters. The quantitative estimate of drug-likeness (QED) is 0.167. The second-order valence-electron chi connectivity index (χ2n) is 20.1. The molecule has 352 valence electrons. The minimum Gasteiger partial charge on any atom is -0.507 e. The summed E-state index contributed by atoms with van der Waals surface area (Å²) >= 11 is 0. The van der Waals surface area contributed by atoms with Crippen LogP contribution in [0.3, 0.4) is 0 Å². The van der Waals surface area contributed by atoms with Crippen molar-refractivity contribution in [3.63, 3.8) is 0 Å². The summed E-state index contributed by atoms with van der Waals surface area (Å²) in [7, 11) is 1.92. The maximum absolute atomic E-state index is 15.8. The van der Waals surface area contributed by atoms with Crippen LogP contribution in [0.15, 0.2) is 66.7 Å². The van der Waals surface area contributed by atoms with Gasteiger partial charge in [-0.3, -0.25) is 14.9 Å². The molecule has 1 aromatic heterocycles. The van der Waals surface area contributed by atoms with Gasteiger partial charge in [0.2, 0.25) is 5.91 Å². The summed E-state index contributed by atoms with van der Waals surface area (Å²) in [6.07, 6.45) is 5.79. The van der Waals surface area contributed by atoms with Gasteiger partial charge in [0.15, 0.2) is 11.6 Å². The smallest absolute Gasteiger partial charge is 0.319 e. The van der Waals surface area contributed by atoms with Crippen LogP contribution in [-0.2, 0) is 9.59 Å². The lowest BCUT2D eigenvalue weighted by Gasteiger charge is -2.47. The number of phenols is 1. The number of amides is 4. The summed E-state index contributed by atoms with van der Waals surface area (Å²) in [4.78, 5) is 49.5. The molecular formula is C51H60FN9O6.